The van der Waals surface area contributed by atoms with Gasteiger partial charge in [0.25, 0.3) is 0 Å². The van der Waals surface area contributed by atoms with E-state index in [0.717, 1.165) is 11.8 Å². The van der Waals surface area contributed by atoms with Crippen molar-refractivity contribution in [2.24, 2.45) is 17.3 Å². The lowest BCUT2D eigenvalue weighted by molar-refractivity contribution is 0.553. The van der Waals surface area contributed by atoms with Gasteiger partial charge in [0.2, 0.25) is 0 Å². The van der Waals surface area contributed by atoms with E-state index in [0.29, 0.717) is 5.41 Å². The van der Waals surface area contributed by atoms with E-state index in [1.807, 2.05) is 0 Å². The Kier molecular flexibility index (Phi) is 2.79. The van der Waals surface area contributed by atoms with Crippen LogP contribution in [-0.2, 0) is 0 Å². The average molecular weight is 204 g/mol. The highest BCUT2D eigenvalue weighted by molar-refractivity contribution is 5.20. The summed E-state index contributed by atoms with van der Waals surface area (Å²) in [7, 11) is 0. The molecule has 0 heterocycles. The summed E-state index contributed by atoms with van der Waals surface area (Å²) in [5.41, 5.74) is 3.78. The molecule has 2 aliphatic carbocycles. The molecular weight excluding hydrogens is 180 g/mol. The molecular formula is C15H24. The third-order valence-corrected chi connectivity index (χ3v) is 4.47. The van der Waals surface area contributed by atoms with Crippen LogP contribution >= 0.6 is 0 Å². The van der Waals surface area contributed by atoms with E-state index in [-0.39, 0.29) is 0 Å². The number of fused-ring (bicyclic) bond motifs is 1. The van der Waals surface area contributed by atoms with Gasteiger partial charge in [-0.15, -0.1) is 0 Å². The van der Waals surface area contributed by atoms with E-state index in [2.05, 4.69) is 39.8 Å². The molecule has 1 fully saturated rings. The number of hydrogen-bond donors (Lipinski definition) is 0. The third kappa shape index (κ3) is 2.19. The Bertz CT molecular complexity index is 304. The Morgan fingerprint density at radius 1 is 1.13 bits per heavy atom. The van der Waals surface area contributed by atoms with Crippen molar-refractivity contribution in [3.63, 3.8) is 0 Å². The van der Waals surface area contributed by atoms with E-state index in [1.165, 1.54) is 25.7 Å². The smallest absolute Gasteiger partial charge is 0.0140 e. The Morgan fingerprint density at radius 2 is 1.80 bits per heavy atom. The molecule has 0 aromatic rings. The standard InChI is InChI=1S/C15H24/c1-11-6-5-7-12(2)10-14-13(9-8-11)15(14,3)4/h8,10,13-14H,5-7,9H2,1-4H3/b11-8+,12-10+/t13-,14+/m0/s1. The van der Waals surface area contributed by atoms with Crippen molar-refractivity contribution in [1.82, 2.24) is 0 Å². The van der Waals surface area contributed by atoms with Gasteiger partial charge in [0.15, 0.2) is 0 Å². The fourth-order valence-electron chi connectivity index (χ4n) is 3.03. The Morgan fingerprint density at radius 3 is 2.53 bits per heavy atom. The molecule has 2 atom stereocenters. The lowest BCUT2D eigenvalue weighted by Gasteiger charge is -2.05. The predicted octanol–water partition coefficient (Wildman–Crippen LogP) is 4.73. The van der Waals surface area contributed by atoms with Crippen LogP contribution in [0.5, 0.6) is 0 Å². The molecule has 0 aromatic heterocycles. The Hall–Kier alpha value is -0.520. The normalized spacial score (nSPS) is 41.9. The second-order valence-corrected chi connectivity index (χ2v) is 6.11. The molecule has 0 radical (unpaired) electrons. The van der Waals surface area contributed by atoms with Gasteiger partial charge in [-0.05, 0) is 56.8 Å². The van der Waals surface area contributed by atoms with Crippen LogP contribution in [-0.4, -0.2) is 0 Å². The first-order chi connectivity index (χ1) is 7.01. The molecule has 2 rings (SSSR count). The summed E-state index contributed by atoms with van der Waals surface area (Å²) in [6, 6.07) is 0. The largest absolute Gasteiger partial charge is 0.0853 e. The summed E-state index contributed by atoms with van der Waals surface area (Å²) in [6.45, 7) is 9.46. The summed E-state index contributed by atoms with van der Waals surface area (Å²) in [4.78, 5) is 0. The molecule has 84 valence electrons. The molecule has 0 aliphatic heterocycles. The van der Waals surface area contributed by atoms with Crippen molar-refractivity contribution >= 4 is 0 Å². The quantitative estimate of drug-likeness (QED) is 0.501. The molecule has 0 nitrogen and oxygen atoms in total. The molecule has 0 N–H and O–H groups in total. The van der Waals surface area contributed by atoms with E-state index < -0.39 is 0 Å². The highest BCUT2D eigenvalue weighted by Crippen LogP contribution is 2.61. The minimum atomic E-state index is 0.558. The zero-order valence-electron chi connectivity index (χ0n) is 10.6. The topological polar surface area (TPSA) is 0 Å². The fraction of sp³-hybridized carbons (Fsp3) is 0.733. The van der Waals surface area contributed by atoms with Crippen LogP contribution in [0.4, 0.5) is 0 Å². The van der Waals surface area contributed by atoms with Crippen molar-refractivity contribution < 1.29 is 0 Å². The first-order valence-corrected chi connectivity index (χ1v) is 6.34. The van der Waals surface area contributed by atoms with Gasteiger partial charge < -0.3 is 0 Å². The maximum absolute atomic E-state index is 2.55. The van der Waals surface area contributed by atoms with Crippen LogP contribution in [0, 0.1) is 17.3 Å². The maximum atomic E-state index is 2.55. The summed E-state index contributed by atoms with van der Waals surface area (Å²) in [5, 5.41) is 0. The van der Waals surface area contributed by atoms with Crippen LogP contribution in [0.15, 0.2) is 23.3 Å². The highest BCUT2D eigenvalue weighted by Gasteiger charge is 2.55. The van der Waals surface area contributed by atoms with Crippen molar-refractivity contribution in [3.8, 4) is 0 Å². The molecule has 0 unspecified atom stereocenters. The van der Waals surface area contributed by atoms with E-state index in [9.17, 15) is 0 Å². The van der Waals surface area contributed by atoms with Crippen molar-refractivity contribution in [3.05, 3.63) is 23.3 Å². The number of hydrogen-bond acceptors (Lipinski definition) is 0. The van der Waals surface area contributed by atoms with Gasteiger partial charge >= 0.3 is 0 Å². The Balaban J connectivity index is 2.14. The SMILES string of the molecule is C/C1=C\C[C@H]2[C@@H](/C=C(\C)CCC1)C2(C)C. The van der Waals surface area contributed by atoms with Crippen LogP contribution in [0.1, 0.15) is 53.4 Å². The lowest BCUT2D eigenvalue weighted by atomic mass is 10.0. The Labute approximate surface area is 94.5 Å². The molecule has 0 heteroatoms. The summed E-state index contributed by atoms with van der Waals surface area (Å²) >= 11 is 0. The minimum Gasteiger partial charge on any atom is -0.0853 e. The van der Waals surface area contributed by atoms with Crippen molar-refractivity contribution in [2.75, 3.05) is 0 Å². The molecule has 0 amide bonds. The van der Waals surface area contributed by atoms with Gasteiger partial charge in [-0.1, -0.05) is 37.1 Å². The molecule has 0 spiro atoms. The van der Waals surface area contributed by atoms with E-state index >= 15 is 0 Å². The first kappa shape index (κ1) is 11.0. The van der Waals surface area contributed by atoms with Gasteiger partial charge in [0.1, 0.15) is 0 Å². The van der Waals surface area contributed by atoms with Gasteiger partial charge in [-0.2, -0.15) is 0 Å². The van der Waals surface area contributed by atoms with Gasteiger partial charge in [-0.25, -0.2) is 0 Å². The van der Waals surface area contributed by atoms with Gasteiger partial charge in [0.05, 0.1) is 0 Å². The van der Waals surface area contributed by atoms with Gasteiger partial charge in [-0.3, -0.25) is 0 Å². The van der Waals surface area contributed by atoms with Crippen LogP contribution in [0.3, 0.4) is 0 Å². The van der Waals surface area contributed by atoms with Crippen molar-refractivity contribution in [2.45, 2.75) is 53.4 Å². The minimum absolute atomic E-state index is 0.558. The molecule has 0 aromatic carbocycles. The third-order valence-electron chi connectivity index (χ3n) is 4.47. The lowest BCUT2D eigenvalue weighted by Crippen LogP contribution is -1.89. The van der Waals surface area contributed by atoms with E-state index in [4.69, 9.17) is 0 Å². The summed E-state index contributed by atoms with van der Waals surface area (Å²) in [5.74, 6) is 1.75. The second-order valence-electron chi connectivity index (χ2n) is 6.11. The van der Waals surface area contributed by atoms with Crippen LogP contribution in [0.2, 0.25) is 0 Å². The summed E-state index contributed by atoms with van der Waals surface area (Å²) < 4.78 is 0. The molecule has 1 saturated carbocycles. The summed E-state index contributed by atoms with van der Waals surface area (Å²) in [6.07, 6.45) is 10.3. The van der Waals surface area contributed by atoms with Crippen LogP contribution < -0.4 is 0 Å². The van der Waals surface area contributed by atoms with Crippen molar-refractivity contribution in [1.29, 1.82) is 0 Å². The van der Waals surface area contributed by atoms with Crippen LogP contribution in [0.25, 0.3) is 0 Å². The molecule has 0 saturated heterocycles. The molecule has 0 bridgehead atoms. The van der Waals surface area contributed by atoms with Gasteiger partial charge in [0, 0.05) is 0 Å². The zero-order valence-corrected chi connectivity index (χ0v) is 10.6. The zero-order chi connectivity index (χ0) is 11.1. The fourth-order valence-corrected chi connectivity index (χ4v) is 3.03. The maximum Gasteiger partial charge on any atom is -0.0140 e. The molecule has 15 heavy (non-hydrogen) atoms. The highest BCUT2D eigenvalue weighted by atomic mass is 14.6. The first-order valence-electron chi connectivity index (χ1n) is 6.34. The number of rotatable bonds is 0. The monoisotopic (exact) mass is 204 g/mol. The number of allylic oxidation sites excluding steroid dienone is 4. The second kappa shape index (κ2) is 3.81. The molecule has 2 aliphatic rings. The van der Waals surface area contributed by atoms with E-state index in [1.54, 1.807) is 11.1 Å². The average Bonchev–Trinajstić information content (AvgIpc) is 2.65. The predicted molar refractivity (Wildman–Crippen MR) is 66.7 cm³/mol.